The van der Waals surface area contributed by atoms with Crippen LogP contribution in [0.3, 0.4) is 0 Å². The van der Waals surface area contributed by atoms with Gasteiger partial charge >= 0.3 is 0 Å². The Balaban J connectivity index is 1.53. The molecule has 3 N–H and O–H groups in total. The van der Waals surface area contributed by atoms with Crippen LogP contribution in [0.15, 0.2) is 15.5 Å². The van der Waals surface area contributed by atoms with Gasteiger partial charge in [-0.1, -0.05) is 0 Å². The number of fused-ring (bicyclic) bond motifs is 1. The first-order valence-electron chi connectivity index (χ1n) is 9.43. The molecule has 2 aromatic rings. The number of aromatic nitrogens is 3. The molecule has 0 saturated heterocycles. The number of guanidine groups is 1. The zero-order valence-corrected chi connectivity index (χ0v) is 16.8. The van der Waals surface area contributed by atoms with Gasteiger partial charge in [0.25, 0.3) is 0 Å². The van der Waals surface area contributed by atoms with Crippen molar-refractivity contribution in [3.8, 4) is 0 Å². The molecule has 0 saturated carbocycles. The number of aliphatic hydroxyl groups is 1. The second kappa shape index (κ2) is 7.72. The zero-order chi connectivity index (χ0) is 19.6. The average Bonchev–Trinajstić information content (AvgIpc) is 3.17. The molecule has 8 heteroatoms. The Morgan fingerprint density at radius 3 is 2.81 bits per heavy atom. The molecule has 0 fully saturated rings. The highest BCUT2D eigenvalue weighted by Gasteiger charge is 2.28. The van der Waals surface area contributed by atoms with Crippen molar-refractivity contribution in [1.29, 1.82) is 0 Å². The van der Waals surface area contributed by atoms with Gasteiger partial charge < -0.3 is 24.7 Å². The molecule has 0 spiro atoms. The molecule has 148 valence electrons. The molecule has 1 aliphatic rings. The van der Waals surface area contributed by atoms with Crippen LogP contribution in [0.1, 0.15) is 42.1 Å². The van der Waals surface area contributed by atoms with Crippen LogP contribution in [-0.4, -0.2) is 46.0 Å². The number of nitrogens with one attached hydrogen (secondary N) is 2. The number of hydrogen-bond donors (Lipinski definition) is 3. The minimum absolute atomic E-state index is 0.339. The third-order valence-electron chi connectivity index (χ3n) is 5.23. The number of nitrogens with zero attached hydrogens (tertiary/aromatic N) is 4. The summed E-state index contributed by atoms with van der Waals surface area (Å²) in [6.45, 7) is 9.59. The fourth-order valence-corrected chi connectivity index (χ4v) is 3.67. The van der Waals surface area contributed by atoms with Crippen molar-refractivity contribution in [2.45, 2.75) is 52.7 Å². The van der Waals surface area contributed by atoms with Crippen LogP contribution in [0.5, 0.6) is 0 Å². The van der Waals surface area contributed by atoms with Crippen LogP contribution < -0.4 is 10.6 Å². The van der Waals surface area contributed by atoms with Gasteiger partial charge in [-0.05, 0) is 46.1 Å². The van der Waals surface area contributed by atoms with Gasteiger partial charge in [0.1, 0.15) is 28.8 Å². The number of hydrogen-bond acceptors (Lipinski definition) is 5. The van der Waals surface area contributed by atoms with Crippen molar-refractivity contribution >= 4 is 5.96 Å². The summed E-state index contributed by atoms with van der Waals surface area (Å²) in [5.74, 6) is 4.76. The van der Waals surface area contributed by atoms with Crippen molar-refractivity contribution in [2.75, 3.05) is 20.1 Å². The summed E-state index contributed by atoms with van der Waals surface area (Å²) in [5, 5.41) is 25.8. The molecule has 3 rings (SSSR count). The minimum atomic E-state index is -1.04. The lowest BCUT2D eigenvalue weighted by Gasteiger charge is -2.27. The molecule has 0 aliphatic carbocycles. The molecule has 0 radical (unpaired) electrons. The highest BCUT2D eigenvalue weighted by atomic mass is 16.3. The lowest BCUT2D eigenvalue weighted by atomic mass is 9.96. The van der Waals surface area contributed by atoms with Gasteiger partial charge in [-0.2, -0.15) is 0 Å². The van der Waals surface area contributed by atoms with Crippen LogP contribution >= 0.6 is 0 Å². The summed E-state index contributed by atoms with van der Waals surface area (Å²) >= 11 is 0. The molecule has 0 amide bonds. The molecular formula is C19H30N6O2. The van der Waals surface area contributed by atoms with E-state index in [0.717, 1.165) is 54.7 Å². The molecular weight excluding hydrogens is 344 g/mol. The van der Waals surface area contributed by atoms with E-state index in [0.29, 0.717) is 18.4 Å². The maximum Gasteiger partial charge on any atom is 0.191 e. The molecule has 2 atom stereocenters. The van der Waals surface area contributed by atoms with Crippen molar-refractivity contribution < 1.29 is 9.52 Å². The minimum Gasteiger partial charge on any atom is -0.466 e. The lowest BCUT2D eigenvalue weighted by molar-refractivity contribution is 0.0601. The predicted octanol–water partition coefficient (Wildman–Crippen LogP) is 1.43. The second-order valence-electron chi connectivity index (χ2n) is 7.59. The Morgan fingerprint density at radius 1 is 1.37 bits per heavy atom. The van der Waals surface area contributed by atoms with Crippen LogP contribution in [0.2, 0.25) is 0 Å². The third-order valence-corrected chi connectivity index (χ3v) is 5.23. The molecule has 3 heterocycles. The Labute approximate surface area is 160 Å². The van der Waals surface area contributed by atoms with Crippen molar-refractivity contribution in [2.24, 2.45) is 10.9 Å². The van der Waals surface area contributed by atoms with Crippen LogP contribution in [0, 0.1) is 26.7 Å². The first-order valence-corrected chi connectivity index (χ1v) is 9.43. The van der Waals surface area contributed by atoms with Gasteiger partial charge in [0.2, 0.25) is 0 Å². The Bertz CT molecular complexity index is 820. The van der Waals surface area contributed by atoms with Crippen LogP contribution in [0.25, 0.3) is 0 Å². The Hall–Kier alpha value is -2.35. The van der Waals surface area contributed by atoms with Crippen molar-refractivity contribution in [3.05, 3.63) is 34.8 Å². The van der Waals surface area contributed by atoms with E-state index in [1.807, 2.05) is 26.8 Å². The maximum absolute atomic E-state index is 10.8. The topological polar surface area (TPSA) is 100 Å². The van der Waals surface area contributed by atoms with Crippen LogP contribution in [-0.2, 0) is 18.6 Å². The van der Waals surface area contributed by atoms with E-state index in [4.69, 9.17) is 4.42 Å². The number of aryl methyl sites for hydroxylation is 4. The molecule has 8 nitrogen and oxygen atoms in total. The van der Waals surface area contributed by atoms with E-state index in [9.17, 15) is 5.11 Å². The van der Waals surface area contributed by atoms with Crippen molar-refractivity contribution in [3.63, 3.8) is 0 Å². The Morgan fingerprint density at radius 2 is 2.15 bits per heavy atom. The second-order valence-corrected chi connectivity index (χ2v) is 7.59. The fourth-order valence-electron chi connectivity index (χ4n) is 3.67. The molecule has 2 aromatic heterocycles. The lowest BCUT2D eigenvalue weighted by Crippen LogP contribution is -2.46. The normalized spacial score (nSPS) is 19.5. The average molecular weight is 374 g/mol. The van der Waals surface area contributed by atoms with E-state index in [-0.39, 0.29) is 0 Å². The van der Waals surface area contributed by atoms with Gasteiger partial charge in [-0.15, -0.1) is 10.2 Å². The smallest absolute Gasteiger partial charge is 0.191 e. The fraction of sp³-hybridized carbons (Fsp3) is 0.632. The third kappa shape index (κ3) is 4.32. The summed E-state index contributed by atoms with van der Waals surface area (Å²) in [4.78, 5) is 4.28. The number of aliphatic imine (C=N–C) groups is 1. The first-order chi connectivity index (χ1) is 12.8. The quantitative estimate of drug-likeness (QED) is 0.541. The zero-order valence-electron chi connectivity index (χ0n) is 16.8. The highest BCUT2D eigenvalue weighted by Crippen LogP contribution is 2.26. The summed E-state index contributed by atoms with van der Waals surface area (Å²) in [7, 11) is 1.74. The summed E-state index contributed by atoms with van der Waals surface area (Å²) < 4.78 is 7.74. The number of furan rings is 1. The van der Waals surface area contributed by atoms with Gasteiger partial charge in [-0.25, -0.2) is 0 Å². The Kier molecular flexibility index (Phi) is 5.55. The van der Waals surface area contributed by atoms with E-state index in [1.165, 1.54) is 0 Å². The summed E-state index contributed by atoms with van der Waals surface area (Å²) in [6, 6.07) is 1.88. The SMILES string of the molecule is CN=C(NCC1CCc2nnc(C)n2C1)NCC(C)(O)c1cc(C)oc1C. The van der Waals surface area contributed by atoms with Crippen LogP contribution in [0.4, 0.5) is 0 Å². The van der Waals surface area contributed by atoms with Gasteiger partial charge in [0, 0.05) is 32.1 Å². The van der Waals surface area contributed by atoms with Gasteiger partial charge in [0.15, 0.2) is 5.96 Å². The maximum atomic E-state index is 10.8. The largest absolute Gasteiger partial charge is 0.466 e. The molecule has 27 heavy (non-hydrogen) atoms. The number of rotatable bonds is 5. The monoisotopic (exact) mass is 374 g/mol. The summed E-state index contributed by atoms with van der Waals surface area (Å²) in [6.07, 6.45) is 2.03. The van der Waals surface area contributed by atoms with Gasteiger partial charge in [0.05, 0.1) is 6.54 Å². The van der Waals surface area contributed by atoms with E-state index in [2.05, 4.69) is 30.4 Å². The molecule has 0 aromatic carbocycles. The van der Waals surface area contributed by atoms with E-state index in [1.54, 1.807) is 14.0 Å². The predicted molar refractivity (Wildman–Crippen MR) is 104 cm³/mol. The molecule has 0 bridgehead atoms. The first kappa shape index (κ1) is 19.4. The molecule has 2 unspecified atom stereocenters. The highest BCUT2D eigenvalue weighted by molar-refractivity contribution is 5.79. The van der Waals surface area contributed by atoms with E-state index < -0.39 is 5.60 Å². The molecule has 1 aliphatic heterocycles. The standard InChI is InChI=1S/C19H30N6O2/c1-12-8-16(13(2)27-12)19(4,26)11-22-18(20-5)21-9-15-6-7-17-24-23-14(3)25(17)10-15/h8,15,26H,6-7,9-11H2,1-5H3,(H2,20,21,22). The van der Waals surface area contributed by atoms with Crippen molar-refractivity contribution in [1.82, 2.24) is 25.4 Å². The van der Waals surface area contributed by atoms with E-state index >= 15 is 0 Å². The van der Waals surface area contributed by atoms with Gasteiger partial charge in [-0.3, -0.25) is 4.99 Å². The summed E-state index contributed by atoms with van der Waals surface area (Å²) in [5.41, 5.74) is -0.246.